The number of ether oxygens (including phenoxy) is 1. The number of hydrogen-bond donors (Lipinski definition) is 0. The average Bonchev–Trinajstić information content (AvgIpc) is 3.45. The molecule has 2 heteroatoms. The van der Waals surface area contributed by atoms with Gasteiger partial charge in [0.1, 0.15) is 0 Å². The summed E-state index contributed by atoms with van der Waals surface area (Å²) in [7, 11) is 2.13. The number of rotatable bonds is 3. The second-order valence-corrected chi connectivity index (χ2v) is 15.4. The number of anilines is 2. The molecular formula is C52H37NO. The van der Waals surface area contributed by atoms with E-state index in [1.165, 1.54) is 88.0 Å². The highest BCUT2D eigenvalue weighted by Gasteiger charge is 2.35. The van der Waals surface area contributed by atoms with Crippen LogP contribution in [0, 0.1) is 0 Å². The Morgan fingerprint density at radius 2 is 1.00 bits per heavy atom. The maximum absolute atomic E-state index is 6.42. The van der Waals surface area contributed by atoms with E-state index in [0.717, 1.165) is 22.9 Å². The minimum absolute atomic E-state index is 0.0501. The van der Waals surface area contributed by atoms with Gasteiger partial charge in [-0.25, -0.2) is 0 Å². The van der Waals surface area contributed by atoms with Crippen LogP contribution in [0.1, 0.15) is 25.0 Å². The molecule has 0 aromatic heterocycles. The molecule has 11 rings (SSSR count). The van der Waals surface area contributed by atoms with Gasteiger partial charge in [-0.2, -0.15) is 0 Å². The molecule has 1 aliphatic carbocycles. The molecule has 54 heavy (non-hydrogen) atoms. The van der Waals surface area contributed by atoms with Crippen LogP contribution in [0.3, 0.4) is 0 Å². The van der Waals surface area contributed by atoms with E-state index < -0.39 is 0 Å². The van der Waals surface area contributed by atoms with Crippen molar-refractivity contribution in [1.82, 2.24) is 0 Å². The summed E-state index contributed by atoms with van der Waals surface area (Å²) in [5.74, 6) is 1.74. The highest BCUT2D eigenvalue weighted by molar-refractivity contribution is 6.22. The van der Waals surface area contributed by atoms with E-state index in [1.54, 1.807) is 0 Å². The lowest BCUT2D eigenvalue weighted by molar-refractivity contribution is 0.475. The van der Waals surface area contributed by atoms with E-state index in [-0.39, 0.29) is 5.41 Å². The highest BCUT2D eigenvalue weighted by Crippen LogP contribution is 2.53. The second kappa shape index (κ2) is 11.4. The summed E-state index contributed by atoms with van der Waals surface area (Å²) in [4.78, 5) is 2.25. The smallest absolute Gasteiger partial charge is 0.151 e. The van der Waals surface area contributed by atoms with E-state index >= 15 is 0 Å². The zero-order valence-corrected chi connectivity index (χ0v) is 30.5. The van der Waals surface area contributed by atoms with Crippen LogP contribution in [-0.4, -0.2) is 7.05 Å². The van der Waals surface area contributed by atoms with E-state index in [0.29, 0.717) is 0 Å². The van der Waals surface area contributed by atoms with E-state index in [2.05, 4.69) is 184 Å². The first-order valence-electron chi connectivity index (χ1n) is 18.8. The van der Waals surface area contributed by atoms with Crippen LogP contribution >= 0.6 is 0 Å². The van der Waals surface area contributed by atoms with Gasteiger partial charge in [0.05, 0.1) is 11.4 Å². The molecule has 0 atom stereocenters. The summed E-state index contributed by atoms with van der Waals surface area (Å²) in [6, 6.07) is 62.5. The van der Waals surface area contributed by atoms with Gasteiger partial charge in [-0.1, -0.05) is 141 Å². The SMILES string of the molecule is CN1c2ccccc2Oc2ccc(-c3c4ccccc4c(-c4ccc5c(c4)-c4ccccc4C5(C)C)c4cc(-c5ccc6ccccc6c5)ccc34)cc21. The monoisotopic (exact) mass is 691 g/mol. The van der Waals surface area contributed by atoms with Gasteiger partial charge in [-0.15, -0.1) is 0 Å². The molecule has 0 bridgehead atoms. The third kappa shape index (κ3) is 4.47. The third-order valence-corrected chi connectivity index (χ3v) is 12.0. The molecule has 0 amide bonds. The molecule has 0 N–H and O–H groups in total. The van der Waals surface area contributed by atoms with Gasteiger partial charge in [-0.05, 0) is 130 Å². The molecule has 0 unspecified atom stereocenters. The Balaban J connectivity index is 1.19. The van der Waals surface area contributed by atoms with Gasteiger partial charge in [0.15, 0.2) is 11.5 Å². The third-order valence-electron chi connectivity index (χ3n) is 12.0. The summed E-state index contributed by atoms with van der Waals surface area (Å²) >= 11 is 0. The maximum Gasteiger partial charge on any atom is 0.151 e. The largest absolute Gasteiger partial charge is 0.453 e. The summed E-state index contributed by atoms with van der Waals surface area (Å²) < 4.78 is 6.42. The van der Waals surface area contributed by atoms with Crippen molar-refractivity contribution in [3.63, 3.8) is 0 Å². The van der Waals surface area contributed by atoms with Crippen LogP contribution in [0.5, 0.6) is 11.5 Å². The van der Waals surface area contributed by atoms with Crippen molar-refractivity contribution < 1.29 is 4.74 Å². The lowest BCUT2D eigenvalue weighted by atomic mass is 9.81. The van der Waals surface area contributed by atoms with Crippen LogP contribution in [0.15, 0.2) is 170 Å². The molecule has 0 saturated carbocycles. The molecule has 0 spiro atoms. The Labute approximate surface area is 315 Å². The van der Waals surface area contributed by atoms with Crippen LogP contribution in [0.2, 0.25) is 0 Å². The van der Waals surface area contributed by atoms with Crippen molar-refractivity contribution in [2.75, 3.05) is 11.9 Å². The second-order valence-electron chi connectivity index (χ2n) is 15.4. The molecule has 0 fully saturated rings. The van der Waals surface area contributed by atoms with Crippen LogP contribution in [-0.2, 0) is 5.41 Å². The lowest BCUT2D eigenvalue weighted by Gasteiger charge is -2.30. The molecule has 1 aliphatic heterocycles. The standard InChI is InChI=1S/C52H37NO/c1-52(2)44-17-9-8-14-38(44)42-30-36(23-26-45(42)52)51-40-16-7-6-15-39(40)50(37-24-27-49-47(31-37)53(3)46-18-10-11-19-48(46)54-49)41-25-22-35(29-43(41)51)34-21-20-32-12-4-5-13-33(32)28-34/h4-31H,1-3H3. The minimum atomic E-state index is -0.0501. The van der Waals surface area contributed by atoms with Gasteiger partial charge in [0.25, 0.3) is 0 Å². The minimum Gasteiger partial charge on any atom is -0.453 e. The predicted octanol–water partition coefficient (Wildman–Crippen LogP) is 14.3. The van der Waals surface area contributed by atoms with Crippen molar-refractivity contribution in [2.24, 2.45) is 0 Å². The van der Waals surface area contributed by atoms with Crippen molar-refractivity contribution >= 4 is 43.7 Å². The first-order chi connectivity index (χ1) is 26.4. The molecule has 1 heterocycles. The lowest BCUT2D eigenvalue weighted by Crippen LogP contribution is -2.15. The van der Waals surface area contributed by atoms with Crippen molar-refractivity contribution in [1.29, 1.82) is 0 Å². The van der Waals surface area contributed by atoms with Gasteiger partial charge >= 0.3 is 0 Å². The molecular weight excluding hydrogens is 655 g/mol. The predicted molar refractivity (Wildman–Crippen MR) is 227 cm³/mol. The van der Waals surface area contributed by atoms with Crippen molar-refractivity contribution in [3.05, 3.63) is 181 Å². The molecule has 0 saturated heterocycles. The Bertz CT molecular complexity index is 3020. The quantitative estimate of drug-likeness (QED) is 0.171. The molecule has 9 aromatic rings. The first-order valence-corrected chi connectivity index (χ1v) is 18.8. The number of hydrogen-bond acceptors (Lipinski definition) is 2. The van der Waals surface area contributed by atoms with Gasteiger partial charge in [0.2, 0.25) is 0 Å². The van der Waals surface area contributed by atoms with Crippen molar-refractivity contribution in [2.45, 2.75) is 19.3 Å². The normalized spacial score (nSPS) is 13.7. The van der Waals surface area contributed by atoms with Crippen LogP contribution in [0.4, 0.5) is 11.4 Å². The fourth-order valence-corrected chi connectivity index (χ4v) is 9.31. The Hall–Kier alpha value is -6.64. The average molecular weight is 692 g/mol. The summed E-state index contributed by atoms with van der Waals surface area (Å²) in [5.41, 5.74) is 14.8. The fourth-order valence-electron chi connectivity index (χ4n) is 9.31. The fraction of sp³-hybridized carbons (Fsp3) is 0.0769. The van der Waals surface area contributed by atoms with Crippen LogP contribution < -0.4 is 9.64 Å². The zero-order chi connectivity index (χ0) is 36.1. The Kier molecular flexibility index (Phi) is 6.55. The van der Waals surface area contributed by atoms with E-state index in [4.69, 9.17) is 4.74 Å². The first kappa shape index (κ1) is 30.9. The van der Waals surface area contributed by atoms with Gasteiger partial charge < -0.3 is 9.64 Å². The molecule has 2 nitrogen and oxygen atoms in total. The van der Waals surface area contributed by atoms with E-state index in [9.17, 15) is 0 Å². The molecule has 2 aliphatic rings. The summed E-state index contributed by atoms with van der Waals surface area (Å²) in [6.07, 6.45) is 0. The maximum atomic E-state index is 6.42. The molecule has 0 radical (unpaired) electrons. The Morgan fingerprint density at radius 1 is 0.407 bits per heavy atom. The number of fused-ring (bicyclic) bond motifs is 8. The van der Waals surface area contributed by atoms with Crippen LogP contribution in [0.25, 0.3) is 76.8 Å². The summed E-state index contributed by atoms with van der Waals surface area (Å²) in [6.45, 7) is 4.71. The Morgan fingerprint density at radius 3 is 1.87 bits per heavy atom. The summed E-state index contributed by atoms with van der Waals surface area (Å²) in [5, 5.41) is 7.45. The van der Waals surface area contributed by atoms with Gasteiger partial charge in [-0.3, -0.25) is 0 Å². The zero-order valence-electron chi connectivity index (χ0n) is 30.5. The number of nitrogens with zero attached hydrogens (tertiary/aromatic N) is 1. The van der Waals surface area contributed by atoms with Gasteiger partial charge in [0, 0.05) is 12.5 Å². The number of benzene rings is 9. The molecule has 256 valence electrons. The topological polar surface area (TPSA) is 12.5 Å². The number of para-hydroxylation sites is 2. The highest BCUT2D eigenvalue weighted by atomic mass is 16.5. The van der Waals surface area contributed by atoms with Crippen molar-refractivity contribution in [3.8, 4) is 56.0 Å². The molecule has 9 aromatic carbocycles. The van der Waals surface area contributed by atoms with E-state index in [1.807, 2.05) is 12.1 Å².